The number of methoxy groups -OCH3 is 1. The second kappa shape index (κ2) is 5.07. The van der Waals surface area contributed by atoms with Crippen LogP contribution in [0, 0.1) is 12.8 Å². The van der Waals surface area contributed by atoms with E-state index in [1.807, 2.05) is 19.1 Å². The van der Waals surface area contributed by atoms with E-state index < -0.39 is 0 Å². The maximum absolute atomic E-state index is 10.3. The van der Waals surface area contributed by atoms with Gasteiger partial charge in [0.15, 0.2) is 0 Å². The van der Waals surface area contributed by atoms with Crippen LogP contribution in [-0.2, 0) is 0 Å². The van der Waals surface area contributed by atoms with Gasteiger partial charge in [-0.05, 0) is 31.7 Å². The highest BCUT2D eigenvalue weighted by Crippen LogP contribution is 2.40. The molecule has 0 spiro atoms. The van der Waals surface area contributed by atoms with Gasteiger partial charge in [-0.2, -0.15) is 0 Å². The average Bonchev–Trinajstić information content (AvgIpc) is 3.14. The van der Waals surface area contributed by atoms with Crippen molar-refractivity contribution in [2.75, 3.05) is 13.7 Å². The van der Waals surface area contributed by atoms with Crippen LogP contribution in [0.1, 0.15) is 29.9 Å². The molecule has 3 nitrogen and oxygen atoms in total. The second-order valence-electron chi connectivity index (χ2n) is 4.92. The number of hydrogen-bond donors (Lipinski definition) is 2. The maximum Gasteiger partial charge on any atom is 0.122 e. The second-order valence-corrected chi connectivity index (χ2v) is 4.92. The van der Waals surface area contributed by atoms with Gasteiger partial charge in [-0.15, -0.1) is 0 Å². The monoisotopic (exact) mass is 235 g/mol. The molecule has 1 aromatic carbocycles. The van der Waals surface area contributed by atoms with Gasteiger partial charge in [0.25, 0.3) is 0 Å². The molecule has 17 heavy (non-hydrogen) atoms. The van der Waals surface area contributed by atoms with Crippen molar-refractivity contribution in [3.8, 4) is 5.75 Å². The van der Waals surface area contributed by atoms with E-state index in [9.17, 15) is 5.11 Å². The van der Waals surface area contributed by atoms with Crippen LogP contribution in [0.5, 0.6) is 5.75 Å². The Morgan fingerprint density at radius 1 is 1.47 bits per heavy atom. The molecule has 2 unspecified atom stereocenters. The number of aryl methyl sites for hydroxylation is 1. The molecule has 0 aromatic heterocycles. The van der Waals surface area contributed by atoms with Crippen LogP contribution in [0.2, 0.25) is 0 Å². The minimum absolute atomic E-state index is 0.0163. The van der Waals surface area contributed by atoms with Gasteiger partial charge in [0, 0.05) is 18.0 Å². The van der Waals surface area contributed by atoms with Gasteiger partial charge < -0.3 is 15.6 Å². The van der Waals surface area contributed by atoms with Gasteiger partial charge in [0.2, 0.25) is 0 Å². The van der Waals surface area contributed by atoms with E-state index >= 15 is 0 Å². The summed E-state index contributed by atoms with van der Waals surface area (Å²) in [6, 6.07) is 6.04. The first-order valence-corrected chi connectivity index (χ1v) is 6.20. The van der Waals surface area contributed by atoms with Crippen molar-refractivity contribution in [3.63, 3.8) is 0 Å². The number of benzene rings is 1. The van der Waals surface area contributed by atoms with E-state index in [1.165, 1.54) is 5.56 Å². The topological polar surface area (TPSA) is 55.5 Å². The van der Waals surface area contributed by atoms with Crippen molar-refractivity contribution in [3.05, 3.63) is 29.3 Å². The third kappa shape index (κ3) is 2.61. The smallest absolute Gasteiger partial charge is 0.122 e. The summed E-state index contributed by atoms with van der Waals surface area (Å²) in [7, 11) is 1.66. The average molecular weight is 235 g/mol. The van der Waals surface area contributed by atoms with Gasteiger partial charge in [0.1, 0.15) is 5.75 Å². The van der Waals surface area contributed by atoms with E-state index in [1.54, 1.807) is 7.11 Å². The van der Waals surface area contributed by atoms with Crippen LogP contribution in [-0.4, -0.2) is 24.9 Å². The Morgan fingerprint density at radius 2 is 2.18 bits per heavy atom. The molecule has 1 saturated carbocycles. The van der Waals surface area contributed by atoms with Gasteiger partial charge >= 0.3 is 0 Å². The van der Waals surface area contributed by atoms with Crippen molar-refractivity contribution in [2.45, 2.75) is 31.8 Å². The standard InChI is InChI=1S/C14H21NO2/c1-9-3-6-13(17-2)11(7-9)12(8-15)14(16)10-4-5-10/h3,6-7,10,12,14,16H,4-5,8,15H2,1-2H3. The highest BCUT2D eigenvalue weighted by atomic mass is 16.5. The van der Waals surface area contributed by atoms with Gasteiger partial charge in [0.05, 0.1) is 13.2 Å². The summed E-state index contributed by atoms with van der Waals surface area (Å²) in [5.74, 6) is 1.23. The lowest BCUT2D eigenvalue weighted by Crippen LogP contribution is -2.28. The summed E-state index contributed by atoms with van der Waals surface area (Å²) in [6.45, 7) is 2.50. The Morgan fingerprint density at radius 3 is 2.71 bits per heavy atom. The van der Waals surface area contributed by atoms with E-state index in [0.29, 0.717) is 12.5 Å². The van der Waals surface area contributed by atoms with Gasteiger partial charge in [-0.25, -0.2) is 0 Å². The first-order chi connectivity index (χ1) is 8.17. The van der Waals surface area contributed by atoms with Crippen LogP contribution in [0.3, 0.4) is 0 Å². The largest absolute Gasteiger partial charge is 0.496 e. The first-order valence-electron chi connectivity index (χ1n) is 6.20. The third-order valence-electron chi connectivity index (χ3n) is 3.56. The number of aliphatic hydroxyl groups excluding tert-OH is 1. The molecule has 0 saturated heterocycles. The number of aliphatic hydroxyl groups is 1. The van der Waals surface area contributed by atoms with Crippen molar-refractivity contribution in [1.29, 1.82) is 0 Å². The van der Waals surface area contributed by atoms with Crippen LogP contribution >= 0.6 is 0 Å². The SMILES string of the molecule is COc1ccc(C)cc1C(CN)C(O)C1CC1. The number of ether oxygens (including phenoxy) is 1. The number of hydrogen-bond acceptors (Lipinski definition) is 3. The van der Waals surface area contributed by atoms with Gasteiger partial charge in [-0.1, -0.05) is 17.7 Å². The molecule has 1 aliphatic rings. The molecule has 2 atom stereocenters. The van der Waals surface area contributed by atoms with E-state index in [-0.39, 0.29) is 12.0 Å². The molecule has 2 rings (SSSR count). The summed E-state index contributed by atoms with van der Waals surface area (Å²) >= 11 is 0. The molecule has 1 fully saturated rings. The normalized spacial score (nSPS) is 18.8. The van der Waals surface area contributed by atoms with E-state index in [0.717, 1.165) is 24.2 Å². The fraction of sp³-hybridized carbons (Fsp3) is 0.571. The summed E-state index contributed by atoms with van der Waals surface area (Å²) in [5.41, 5.74) is 8.03. The van der Waals surface area contributed by atoms with E-state index in [4.69, 9.17) is 10.5 Å². The Bertz CT molecular complexity index is 388. The predicted octanol–water partition coefficient (Wildman–Crippen LogP) is 1.82. The summed E-state index contributed by atoms with van der Waals surface area (Å²) in [6.07, 6.45) is 1.90. The van der Waals surface area contributed by atoms with Crippen LogP contribution < -0.4 is 10.5 Å². The van der Waals surface area contributed by atoms with Crippen LogP contribution in [0.25, 0.3) is 0 Å². The highest BCUT2D eigenvalue weighted by molar-refractivity contribution is 5.40. The molecular formula is C14H21NO2. The lowest BCUT2D eigenvalue weighted by Gasteiger charge is -2.24. The number of rotatable bonds is 5. The molecule has 0 amide bonds. The molecule has 1 aromatic rings. The Kier molecular flexibility index (Phi) is 3.69. The number of nitrogens with two attached hydrogens (primary N) is 1. The fourth-order valence-electron chi connectivity index (χ4n) is 2.36. The first kappa shape index (κ1) is 12.4. The predicted molar refractivity (Wildman–Crippen MR) is 68.3 cm³/mol. The van der Waals surface area contributed by atoms with Crippen molar-refractivity contribution in [2.24, 2.45) is 11.7 Å². The van der Waals surface area contributed by atoms with Crippen LogP contribution in [0.15, 0.2) is 18.2 Å². The van der Waals surface area contributed by atoms with Crippen molar-refractivity contribution < 1.29 is 9.84 Å². The lowest BCUT2D eigenvalue weighted by atomic mass is 9.89. The summed E-state index contributed by atoms with van der Waals surface area (Å²) < 4.78 is 5.37. The lowest BCUT2D eigenvalue weighted by molar-refractivity contribution is 0.121. The summed E-state index contributed by atoms with van der Waals surface area (Å²) in [5, 5.41) is 10.3. The Hall–Kier alpha value is -1.06. The minimum atomic E-state index is -0.337. The molecule has 3 N–H and O–H groups in total. The maximum atomic E-state index is 10.3. The zero-order valence-corrected chi connectivity index (χ0v) is 10.5. The quantitative estimate of drug-likeness (QED) is 0.818. The van der Waals surface area contributed by atoms with Crippen LogP contribution in [0.4, 0.5) is 0 Å². The summed E-state index contributed by atoms with van der Waals surface area (Å²) in [4.78, 5) is 0. The molecule has 0 aliphatic heterocycles. The highest BCUT2D eigenvalue weighted by Gasteiger charge is 2.36. The zero-order chi connectivity index (χ0) is 12.4. The van der Waals surface area contributed by atoms with Gasteiger partial charge in [-0.3, -0.25) is 0 Å². The minimum Gasteiger partial charge on any atom is -0.496 e. The Balaban J connectivity index is 2.30. The van der Waals surface area contributed by atoms with Crippen molar-refractivity contribution in [1.82, 2.24) is 0 Å². The molecule has 0 heterocycles. The molecule has 1 aliphatic carbocycles. The molecule has 94 valence electrons. The zero-order valence-electron chi connectivity index (χ0n) is 10.5. The van der Waals surface area contributed by atoms with Crippen molar-refractivity contribution >= 4 is 0 Å². The molecule has 0 bridgehead atoms. The molecule has 0 radical (unpaired) electrons. The fourth-order valence-corrected chi connectivity index (χ4v) is 2.36. The van der Waals surface area contributed by atoms with E-state index in [2.05, 4.69) is 6.07 Å². The Labute approximate surface area is 103 Å². The third-order valence-corrected chi connectivity index (χ3v) is 3.56. The molecular weight excluding hydrogens is 214 g/mol. The molecule has 3 heteroatoms.